The van der Waals surface area contributed by atoms with Gasteiger partial charge in [0.15, 0.2) is 0 Å². The number of carbonyl (C=O) groups excluding carboxylic acids is 2. The highest BCUT2D eigenvalue weighted by atomic mass is 32.2. The second-order valence-corrected chi connectivity index (χ2v) is 9.08. The minimum Gasteiger partial charge on any atom is -0.448 e. The third-order valence-corrected chi connectivity index (χ3v) is 6.41. The lowest BCUT2D eigenvalue weighted by atomic mass is 10.2. The molecule has 0 bridgehead atoms. The molecule has 11 heteroatoms. The lowest BCUT2D eigenvalue weighted by Crippen LogP contribution is -2.29. The van der Waals surface area contributed by atoms with E-state index < -0.39 is 22.0 Å². The smallest absolute Gasteiger partial charge is 0.437 e. The van der Waals surface area contributed by atoms with E-state index in [1.165, 1.54) is 19.0 Å². The van der Waals surface area contributed by atoms with E-state index in [1.807, 2.05) is 13.8 Å². The van der Waals surface area contributed by atoms with Gasteiger partial charge in [-0.2, -0.15) is 4.99 Å². The number of carbonyl (C=O) groups is 2. The Kier molecular flexibility index (Phi) is 8.93. The van der Waals surface area contributed by atoms with Crippen molar-refractivity contribution in [1.82, 2.24) is 14.7 Å². The fourth-order valence-corrected chi connectivity index (χ4v) is 4.37. The third-order valence-electron chi connectivity index (χ3n) is 3.25. The summed E-state index contributed by atoms with van der Waals surface area (Å²) in [5.74, 6) is -0.0639. The average Bonchev–Trinajstić information content (AvgIpc) is 3.01. The van der Waals surface area contributed by atoms with E-state index in [2.05, 4.69) is 10.1 Å². The second-order valence-electron chi connectivity index (χ2n) is 5.85. The number of rotatable bonds is 8. The molecule has 2 amide bonds. The lowest BCUT2D eigenvalue weighted by molar-refractivity contribution is 0.143. The van der Waals surface area contributed by atoms with Crippen LogP contribution in [0.25, 0.3) is 0 Å². The number of hydrogen-bond donors (Lipinski definition) is 0. The van der Waals surface area contributed by atoms with Gasteiger partial charge < -0.3 is 9.64 Å². The van der Waals surface area contributed by atoms with Crippen molar-refractivity contribution >= 4 is 33.3 Å². The van der Waals surface area contributed by atoms with Crippen molar-refractivity contribution in [2.45, 2.75) is 50.3 Å². The summed E-state index contributed by atoms with van der Waals surface area (Å²) >= 11 is 0.687. The van der Waals surface area contributed by atoms with Crippen molar-refractivity contribution in [2.75, 3.05) is 26.5 Å². The topological polar surface area (TPSA) is 111 Å². The maximum absolute atomic E-state index is 12.5. The summed E-state index contributed by atoms with van der Waals surface area (Å²) in [6, 6.07) is -0.627. The summed E-state index contributed by atoms with van der Waals surface area (Å²) in [7, 11) is -0.663. The Balaban J connectivity index is 3.20. The van der Waals surface area contributed by atoms with Crippen molar-refractivity contribution in [2.24, 2.45) is 4.99 Å². The van der Waals surface area contributed by atoms with E-state index in [0.717, 1.165) is 23.9 Å². The Labute approximate surface area is 157 Å². The third kappa shape index (κ3) is 6.52. The fraction of sp³-hybridized carbons (Fsp3) is 0.733. The zero-order valence-electron chi connectivity index (χ0n) is 15.6. The first-order chi connectivity index (χ1) is 12.2. The maximum atomic E-state index is 12.5. The first kappa shape index (κ1) is 22.3. The summed E-state index contributed by atoms with van der Waals surface area (Å²) in [5.41, 5.74) is 0. The molecule has 0 aliphatic carbocycles. The molecule has 0 aromatic carbocycles. The molecule has 9 nitrogen and oxygen atoms in total. The molecule has 0 saturated heterocycles. The van der Waals surface area contributed by atoms with E-state index >= 15 is 0 Å². The zero-order valence-corrected chi connectivity index (χ0v) is 17.2. The minimum absolute atomic E-state index is 0.0639. The first-order valence-electron chi connectivity index (χ1n) is 8.49. The van der Waals surface area contributed by atoms with Crippen molar-refractivity contribution in [3.05, 3.63) is 4.80 Å². The van der Waals surface area contributed by atoms with Gasteiger partial charge in [-0.1, -0.05) is 44.4 Å². The monoisotopic (exact) mass is 406 g/mol. The quantitative estimate of drug-likeness (QED) is 0.612. The van der Waals surface area contributed by atoms with Gasteiger partial charge in [0.1, 0.15) is 0 Å². The summed E-state index contributed by atoms with van der Waals surface area (Å²) in [6.45, 7) is 4.02. The van der Waals surface area contributed by atoms with Crippen LogP contribution >= 0.6 is 11.3 Å². The van der Waals surface area contributed by atoms with Crippen LogP contribution in [0.4, 0.5) is 9.59 Å². The predicted octanol–water partition coefficient (Wildman–Crippen LogP) is 2.28. The number of hydrogen-bond acceptors (Lipinski definition) is 7. The Morgan fingerprint density at radius 2 is 1.88 bits per heavy atom. The molecule has 0 radical (unpaired) electrons. The molecule has 26 heavy (non-hydrogen) atoms. The van der Waals surface area contributed by atoms with Crippen molar-refractivity contribution in [1.29, 1.82) is 0 Å². The van der Waals surface area contributed by atoms with Gasteiger partial charge in [0.05, 0.1) is 12.4 Å². The number of sulfone groups is 1. The van der Waals surface area contributed by atoms with Crippen LogP contribution in [0, 0.1) is 0 Å². The molecule has 1 aromatic heterocycles. The fourth-order valence-electron chi connectivity index (χ4n) is 1.82. The molecule has 1 aromatic rings. The Morgan fingerprint density at radius 3 is 2.46 bits per heavy atom. The Bertz CT molecular complexity index is 780. The molecule has 0 unspecified atom stereocenters. The van der Waals surface area contributed by atoms with Crippen molar-refractivity contribution in [3.63, 3.8) is 0 Å². The van der Waals surface area contributed by atoms with Crippen LogP contribution in [0.3, 0.4) is 0 Å². The van der Waals surface area contributed by atoms with Crippen LogP contribution in [0.1, 0.15) is 46.0 Å². The summed E-state index contributed by atoms with van der Waals surface area (Å²) < 4.78 is 30.4. The van der Waals surface area contributed by atoms with Gasteiger partial charge in [-0.25, -0.2) is 18.0 Å². The van der Waals surface area contributed by atoms with Crippen molar-refractivity contribution in [3.8, 4) is 0 Å². The number of nitrogens with zero attached hydrogens (tertiary/aromatic N) is 4. The molecule has 0 N–H and O–H groups in total. The van der Waals surface area contributed by atoms with Crippen LogP contribution < -0.4 is 4.80 Å². The number of urea groups is 1. The molecule has 0 fully saturated rings. The zero-order chi connectivity index (χ0) is 19.7. The summed E-state index contributed by atoms with van der Waals surface area (Å²) in [4.78, 5) is 28.8. The van der Waals surface area contributed by atoms with E-state index in [9.17, 15) is 18.0 Å². The van der Waals surface area contributed by atoms with Gasteiger partial charge in [0.2, 0.25) is 19.0 Å². The summed E-state index contributed by atoms with van der Waals surface area (Å²) in [6.07, 6.45) is 3.00. The minimum atomic E-state index is -3.66. The van der Waals surface area contributed by atoms with Gasteiger partial charge in [-0.05, 0) is 12.8 Å². The van der Waals surface area contributed by atoms with Crippen LogP contribution in [0.2, 0.25) is 0 Å². The molecular weight excluding hydrogens is 380 g/mol. The van der Waals surface area contributed by atoms with Crippen LogP contribution in [-0.4, -0.2) is 61.7 Å². The summed E-state index contributed by atoms with van der Waals surface area (Å²) in [5, 5.41) is 3.85. The average molecular weight is 407 g/mol. The molecule has 0 spiro atoms. The number of unbranched alkanes of at least 4 members (excludes halogenated alkanes) is 3. The SMILES string of the molecule is CCCCCCS(=O)(=O)c1nn(C(=O)OCCC)c(=NC(=O)N(C)C)s1. The Hall–Kier alpha value is -1.75. The van der Waals surface area contributed by atoms with Gasteiger partial charge >= 0.3 is 12.1 Å². The second kappa shape index (κ2) is 10.4. The van der Waals surface area contributed by atoms with E-state index in [0.29, 0.717) is 24.2 Å². The largest absolute Gasteiger partial charge is 0.448 e. The van der Waals surface area contributed by atoms with Crippen LogP contribution in [0.5, 0.6) is 0 Å². The highest BCUT2D eigenvalue weighted by Crippen LogP contribution is 2.14. The number of ether oxygens (including phenoxy) is 1. The van der Waals surface area contributed by atoms with Crippen molar-refractivity contribution < 1.29 is 22.7 Å². The van der Waals surface area contributed by atoms with E-state index in [-0.39, 0.29) is 21.5 Å². The van der Waals surface area contributed by atoms with Crippen LogP contribution in [0.15, 0.2) is 9.33 Å². The molecule has 0 aliphatic heterocycles. The van der Waals surface area contributed by atoms with Gasteiger partial charge in [-0.3, -0.25) is 0 Å². The molecule has 1 heterocycles. The van der Waals surface area contributed by atoms with Crippen LogP contribution in [-0.2, 0) is 14.6 Å². The maximum Gasteiger partial charge on any atom is 0.437 e. The molecule has 0 saturated carbocycles. The molecule has 0 aliphatic rings. The molecule has 1 rings (SSSR count). The Morgan fingerprint density at radius 1 is 1.19 bits per heavy atom. The molecular formula is C15H26N4O5S2. The van der Waals surface area contributed by atoms with Gasteiger partial charge in [-0.15, -0.1) is 9.78 Å². The number of amides is 2. The molecule has 0 atom stereocenters. The number of aromatic nitrogens is 2. The standard InChI is InChI=1S/C15H26N4O5S2/c1-5-7-8-9-11-26(22,23)14-17-19(15(21)24-10-6-2)13(25-14)16-12(20)18(3)4/h5-11H2,1-4H3. The normalized spacial score (nSPS) is 12.2. The van der Waals surface area contributed by atoms with Gasteiger partial charge in [0, 0.05) is 14.1 Å². The first-order valence-corrected chi connectivity index (χ1v) is 11.0. The van der Waals surface area contributed by atoms with E-state index in [4.69, 9.17) is 4.74 Å². The highest BCUT2D eigenvalue weighted by Gasteiger charge is 2.23. The highest BCUT2D eigenvalue weighted by molar-refractivity contribution is 7.93. The molecule has 148 valence electrons. The predicted molar refractivity (Wildman–Crippen MR) is 98.0 cm³/mol. The van der Waals surface area contributed by atoms with E-state index in [1.54, 1.807) is 0 Å². The van der Waals surface area contributed by atoms with Gasteiger partial charge in [0.25, 0.3) is 0 Å². The lowest BCUT2D eigenvalue weighted by Gasteiger charge is -2.04.